The lowest BCUT2D eigenvalue weighted by molar-refractivity contribution is -0.0499. The molecule has 1 heterocycles. The van der Waals surface area contributed by atoms with Crippen LogP contribution >= 0.6 is 0 Å². The molecular weight excluding hydrogens is 204 g/mol. The molecule has 15 heavy (non-hydrogen) atoms. The van der Waals surface area contributed by atoms with E-state index in [0.29, 0.717) is 10.9 Å². The number of rotatable bonds is 2. The third kappa shape index (κ3) is 2.12. The van der Waals surface area contributed by atoms with Gasteiger partial charge in [0, 0.05) is 11.5 Å². The van der Waals surface area contributed by atoms with Crippen LogP contribution in [0.1, 0.15) is 0 Å². The lowest BCUT2D eigenvalue weighted by Gasteiger charge is -2.04. The Hall–Kier alpha value is -1.91. The minimum atomic E-state index is -2.86. The number of nitrogens with zero attached hydrogens (tertiary/aromatic N) is 1. The van der Waals surface area contributed by atoms with Crippen LogP contribution in [0.3, 0.4) is 0 Å². The van der Waals surface area contributed by atoms with Crippen LogP contribution in [0.4, 0.5) is 8.78 Å². The molecule has 0 amide bonds. The Bertz CT molecular complexity index is 488. The van der Waals surface area contributed by atoms with Crippen molar-refractivity contribution >= 4 is 10.9 Å². The third-order valence-electron chi connectivity index (χ3n) is 1.87. The third-order valence-corrected chi connectivity index (χ3v) is 1.87. The first kappa shape index (κ1) is 9.64. The fraction of sp³-hybridized carbons (Fsp3) is 0.100. The number of alkyl halides is 2. The summed E-state index contributed by atoms with van der Waals surface area (Å²) in [5.74, 6) is 0.0840. The summed E-state index contributed by atoms with van der Waals surface area (Å²) in [7, 11) is 0. The fourth-order valence-corrected chi connectivity index (χ4v) is 1.26. The number of hydrogen-bond donors (Lipinski definition) is 1. The molecule has 0 saturated heterocycles. The molecule has 0 saturated carbocycles. The van der Waals surface area contributed by atoms with Crippen molar-refractivity contribution in [3.63, 3.8) is 0 Å². The summed E-state index contributed by atoms with van der Waals surface area (Å²) in [5, 5.41) is 9.78. The second kappa shape index (κ2) is 3.68. The quantitative estimate of drug-likeness (QED) is 0.829. The van der Waals surface area contributed by atoms with E-state index >= 15 is 0 Å². The molecule has 2 rings (SSSR count). The van der Waals surface area contributed by atoms with Crippen molar-refractivity contribution in [1.29, 1.82) is 0 Å². The standard InChI is InChI=1S/C10H7F2NO2/c11-10(12)15-8-3-6-1-2-7(14)4-9(6)13-5-8/h1-5,10,14H. The molecule has 0 bridgehead atoms. The average molecular weight is 211 g/mol. The van der Waals surface area contributed by atoms with Crippen molar-refractivity contribution in [2.45, 2.75) is 6.61 Å². The second-order valence-corrected chi connectivity index (χ2v) is 2.93. The molecule has 0 unspecified atom stereocenters. The summed E-state index contributed by atoms with van der Waals surface area (Å²) in [4.78, 5) is 3.88. The molecule has 1 aromatic carbocycles. The van der Waals surface area contributed by atoms with Crippen LogP contribution in [-0.2, 0) is 0 Å². The number of hydrogen-bond acceptors (Lipinski definition) is 3. The predicted molar refractivity (Wildman–Crippen MR) is 50.0 cm³/mol. The van der Waals surface area contributed by atoms with E-state index in [1.807, 2.05) is 0 Å². The predicted octanol–water partition coefficient (Wildman–Crippen LogP) is 2.54. The lowest BCUT2D eigenvalue weighted by atomic mass is 10.2. The fourth-order valence-electron chi connectivity index (χ4n) is 1.26. The molecule has 1 aromatic heterocycles. The normalized spacial score (nSPS) is 10.9. The van der Waals surface area contributed by atoms with Crippen LogP contribution in [0.25, 0.3) is 10.9 Å². The summed E-state index contributed by atoms with van der Waals surface area (Å²) in [6, 6.07) is 5.92. The van der Waals surface area contributed by atoms with Gasteiger partial charge in [0.1, 0.15) is 11.5 Å². The van der Waals surface area contributed by atoms with E-state index in [2.05, 4.69) is 9.72 Å². The van der Waals surface area contributed by atoms with Gasteiger partial charge in [-0.1, -0.05) is 0 Å². The zero-order valence-corrected chi connectivity index (χ0v) is 7.52. The van der Waals surface area contributed by atoms with Gasteiger partial charge in [0.25, 0.3) is 0 Å². The summed E-state index contributed by atoms with van der Waals surface area (Å²) >= 11 is 0. The molecular formula is C10H7F2NO2. The zero-order chi connectivity index (χ0) is 10.8. The largest absolute Gasteiger partial charge is 0.508 e. The number of aromatic nitrogens is 1. The van der Waals surface area contributed by atoms with Gasteiger partial charge in [0.15, 0.2) is 0 Å². The molecule has 1 N–H and O–H groups in total. The van der Waals surface area contributed by atoms with Crippen LogP contribution in [0, 0.1) is 0 Å². The number of fused-ring (bicyclic) bond motifs is 1. The monoisotopic (exact) mass is 211 g/mol. The first-order valence-corrected chi connectivity index (χ1v) is 4.19. The van der Waals surface area contributed by atoms with E-state index in [-0.39, 0.29) is 11.5 Å². The molecule has 0 radical (unpaired) electrons. The second-order valence-electron chi connectivity index (χ2n) is 2.93. The van der Waals surface area contributed by atoms with Gasteiger partial charge in [-0.3, -0.25) is 4.98 Å². The Morgan fingerprint density at radius 3 is 2.80 bits per heavy atom. The van der Waals surface area contributed by atoms with Gasteiger partial charge in [-0.05, 0) is 18.2 Å². The topological polar surface area (TPSA) is 42.4 Å². The van der Waals surface area contributed by atoms with Crippen molar-refractivity contribution in [2.75, 3.05) is 0 Å². The van der Waals surface area contributed by atoms with E-state index in [1.165, 1.54) is 24.4 Å². The van der Waals surface area contributed by atoms with Crippen molar-refractivity contribution in [3.05, 3.63) is 30.5 Å². The van der Waals surface area contributed by atoms with Crippen LogP contribution in [-0.4, -0.2) is 16.7 Å². The molecule has 2 aromatic rings. The highest BCUT2D eigenvalue weighted by Gasteiger charge is 2.05. The van der Waals surface area contributed by atoms with Gasteiger partial charge < -0.3 is 9.84 Å². The van der Waals surface area contributed by atoms with Crippen molar-refractivity contribution in [2.24, 2.45) is 0 Å². The van der Waals surface area contributed by atoms with Crippen LogP contribution in [0.2, 0.25) is 0 Å². The molecule has 3 nitrogen and oxygen atoms in total. The minimum absolute atomic E-state index is 0.00295. The molecule has 0 aliphatic heterocycles. The van der Waals surface area contributed by atoms with Gasteiger partial charge in [-0.25, -0.2) is 0 Å². The average Bonchev–Trinajstić information content (AvgIpc) is 2.17. The Morgan fingerprint density at radius 2 is 2.07 bits per heavy atom. The summed E-state index contributed by atoms with van der Waals surface area (Å²) in [6.45, 7) is -2.86. The lowest BCUT2D eigenvalue weighted by Crippen LogP contribution is -2.01. The van der Waals surface area contributed by atoms with Crippen LogP contribution in [0.5, 0.6) is 11.5 Å². The Kier molecular flexibility index (Phi) is 2.37. The number of pyridine rings is 1. The number of phenolic OH excluding ortho intramolecular Hbond substituents is 1. The smallest absolute Gasteiger partial charge is 0.387 e. The Morgan fingerprint density at radius 1 is 1.27 bits per heavy atom. The van der Waals surface area contributed by atoms with E-state index in [4.69, 9.17) is 5.11 Å². The van der Waals surface area contributed by atoms with Gasteiger partial charge in [-0.2, -0.15) is 8.78 Å². The van der Waals surface area contributed by atoms with Gasteiger partial charge in [0.2, 0.25) is 0 Å². The molecule has 0 spiro atoms. The minimum Gasteiger partial charge on any atom is -0.508 e. The highest BCUT2D eigenvalue weighted by Crippen LogP contribution is 2.22. The summed E-state index contributed by atoms with van der Waals surface area (Å²) < 4.78 is 28.0. The molecule has 0 aliphatic carbocycles. The maximum Gasteiger partial charge on any atom is 0.387 e. The van der Waals surface area contributed by atoms with E-state index < -0.39 is 6.61 Å². The Labute approximate surface area is 83.9 Å². The number of aromatic hydroxyl groups is 1. The highest BCUT2D eigenvalue weighted by molar-refractivity contribution is 5.80. The number of phenols is 1. The number of halogens is 2. The number of ether oxygens (including phenoxy) is 1. The zero-order valence-electron chi connectivity index (χ0n) is 7.52. The summed E-state index contributed by atoms with van der Waals surface area (Å²) in [6.07, 6.45) is 1.19. The van der Waals surface area contributed by atoms with Gasteiger partial charge in [0.05, 0.1) is 11.7 Å². The Balaban J connectivity index is 2.43. The van der Waals surface area contributed by atoms with E-state index in [9.17, 15) is 8.78 Å². The van der Waals surface area contributed by atoms with Gasteiger partial charge >= 0.3 is 6.61 Å². The maximum absolute atomic E-state index is 11.9. The highest BCUT2D eigenvalue weighted by atomic mass is 19.3. The molecule has 78 valence electrons. The molecule has 0 fully saturated rings. The van der Waals surface area contributed by atoms with E-state index in [0.717, 1.165) is 0 Å². The van der Waals surface area contributed by atoms with Crippen molar-refractivity contribution in [1.82, 2.24) is 4.98 Å². The first-order chi connectivity index (χ1) is 7.15. The molecule has 5 heteroatoms. The molecule has 0 atom stereocenters. The first-order valence-electron chi connectivity index (χ1n) is 4.19. The number of benzene rings is 1. The summed E-state index contributed by atoms with van der Waals surface area (Å²) in [5.41, 5.74) is 0.525. The van der Waals surface area contributed by atoms with Gasteiger partial charge in [-0.15, -0.1) is 0 Å². The van der Waals surface area contributed by atoms with E-state index in [1.54, 1.807) is 6.07 Å². The SMILES string of the molecule is Oc1ccc2cc(OC(F)F)cnc2c1. The maximum atomic E-state index is 11.9. The van der Waals surface area contributed by atoms with Crippen molar-refractivity contribution < 1.29 is 18.6 Å². The molecule has 0 aliphatic rings. The van der Waals surface area contributed by atoms with Crippen LogP contribution in [0.15, 0.2) is 30.5 Å². The van der Waals surface area contributed by atoms with Crippen molar-refractivity contribution in [3.8, 4) is 11.5 Å². The van der Waals surface area contributed by atoms with Crippen LogP contribution < -0.4 is 4.74 Å².